The number of hydrogen-bond acceptors (Lipinski definition) is 3. The lowest BCUT2D eigenvalue weighted by Gasteiger charge is -1.88. The summed E-state index contributed by atoms with van der Waals surface area (Å²) in [6.07, 6.45) is 2.27. The highest BCUT2D eigenvalue weighted by atomic mass is 16.4. The van der Waals surface area contributed by atoms with Crippen molar-refractivity contribution >= 4 is 5.91 Å². The van der Waals surface area contributed by atoms with Gasteiger partial charge in [0.2, 0.25) is 0 Å². The minimum atomic E-state index is -0.593. The molecule has 2 rings (SSSR count). The molecule has 2 N–H and O–H groups in total. The number of aryl methyl sites for hydroxylation is 1. The van der Waals surface area contributed by atoms with Crippen LogP contribution in [-0.2, 0) is 0 Å². The van der Waals surface area contributed by atoms with Gasteiger partial charge in [0.05, 0.1) is 5.69 Å². The first-order chi connectivity index (χ1) is 5.68. The number of amides is 1. The van der Waals surface area contributed by atoms with E-state index in [1.807, 2.05) is 6.92 Å². The first-order valence-corrected chi connectivity index (χ1v) is 3.95. The van der Waals surface area contributed by atoms with Gasteiger partial charge in [0.15, 0.2) is 0 Å². The lowest BCUT2D eigenvalue weighted by molar-refractivity contribution is 0.0965. The van der Waals surface area contributed by atoms with E-state index in [2.05, 4.69) is 4.98 Å². The highest BCUT2D eigenvalue weighted by Crippen LogP contribution is 2.41. The van der Waals surface area contributed by atoms with Gasteiger partial charge in [-0.15, -0.1) is 0 Å². The Morgan fingerprint density at radius 1 is 1.67 bits per heavy atom. The SMILES string of the molecule is Cc1nc(C(N)=O)oc1C1CC1. The second kappa shape index (κ2) is 2.33. The van der Waals surface area contributed by atoms with Gasteiger partial charge in [-0.1, -0.05) is 0 Å². The Morgan fingerprint density at radius 3 is 2.75 bits per heavy atom. The van der Waals surface area contributed by atoms with E-state index in [-0.39, 0.29) is 5.89 Å². The van der Waals surface area contributed by atoms with Crippen LogP contribution in [0.2, 0.25) is 0 Å². The fourth-order valence-electron chi connectivity index (χ4n) is 1.24. The van der Waals surface area contributed by atoms with Gasteiger partial charge in [0, 0.05) is 5.92 Å². The highest BCUT2D eigenvalue weighted by Gasteiger charge is 2.30. The van der Waals surface area contributed by atoms with Crippen LogP contribution in [0.1, 0.15) is 40.9 Å². The number of hydrogen-bond donors (Lipinski definition) is 1. The predicted molar refractivity (Wildman–Crippen MR) is 41.7 cm³/mol. The maximum Gasteiger partial charge on any atom is 0.304 e. The van der Waals surface area contributed by atoms with Crippen molar-refractivity contribution < 1.29 is 9.21 Å². The largest absolute Gasteiger partial charge is 0.437 e. The smallest absolute Gasteiger partial charge is 0.304 e. The van der Waals surface area contributed by atoms with Crippen molar-refractivity contribution in [3.05, 3.63) is 17.3 Å². The minimum absolute atomic E-state index is 0.0365. The van der Waals surface area contributed by atoms with Gasteiger partial charge in [-0.2, -0.15) is 0 Å². The molecule has 1 amide bonds. The molecule has 12 heavy (non-hydrogen) atoms. The summed E-state index contributed by atoms with van der Waals surface area (Å²) in [6, 6.07) is 0. The second-order valence-electron chi connectivity index (χ2n) is 3.11. The molecule has 4 heteroatoms. The van der Waals surface area contributed by atoms with E-state index in [1.165, 1.54) is 0 Å². The number of aromatic nitrogens is 1. The predicted octanol–water partition coefficient (Wildman–Crippen LogP) is 0.959. The number of rotatable bonds is 2. The Kier molecular flexibility index (Phi) is 1.43. The summed E-state index contributed by atoms with van der Waals surface area (Å²) in [5.41, 5.74) is 5.82. The maximum atomic E-state index is 10.7. The zero-order valence-electron chi connectivity index (χ0n) is 6.83. The number of oxazole rings is 1. The lowest BCUT2D eigenvalue weighted by atomic mass is 10.3. The maximum absolute atomic E-state index is 10.7. The third-order valence-corrected chi connectivity index (χ3v) is 1.99. The number of carbonyl (C=O) groups excluding carboxylic acids is 1. The zero-order valence-corrected chi connectivity index (χ0v) is 6.83. The first kappa shape index (κ1) is 7.34. The molecule has 1 fully saturated rings. The molecule has 0 radical (unpaired) electrons. The van der Waals surface area contributed by atoms with Crippen LogP contribution in [0.25, 0.3) is 0 Å². The summed E-state index contributed by atoms with van der Waals surface area (Å²) in [5, 5.41) is 0. The van der Waals surface area contributed by atoms with Gasteiger partial charge >= 0.3 is 5.91 Å². The van der Waals surface area contributed by atoms with Gasteiger partial charge in [-0.3, -0.25) is 4.79 Å². The molecule has 4 nitrogen and oxygen atoms in total. The van der Waals surface area contributed by atoms with Crippen molar-refractivity contribution in [1.82, 2.24) is 4.98 Å². The van der Waals surface area contributed by atoms with E-state index in [0.29, 0.717) is 5.92 Å². The number of nitrogens with zero attached hydrogens (tertiary/aromatic N) is 1. The molecule has 1 aromatic rings. The number of nitrogens with two attached hydrogens (primary N) is 1. The van der Waals surface area contributed by atoms with Crippen molar-refractivity contribution in [2.75, 3.05) is 0 Å². The first-order valence-electron chi connectivity index (χ1n) is 3.95. The Bertz CT molecular complexity index is 326. The third kappa shape index (κ3) is 1.09. The summed E-state index contributed by atoms with van der Waals surface area (Å²) in [6.45, 7) is 1.84. The lowest BCUT2D eigenvalue weighted by Crippen LogP contribution is -2.10. The Labute approximate surface area is 69.8 Å². The fourth-order valence-corrected chi connectivity index (χ4v) is 1.24. The van der Waals surface area contributed by atoms with Crippen molar-refractivity contribution in [3.8, 4) is 0 Å². The molecule has 0 bridgehead atoms. The van der Waals surface area contributed by atoms with Crippen molar-refractivity contribution in [2.45, 2.75) is 25.7 Å². The molecule has 0 atom stereocenters. The molecule has 1 heterocycles. The van der Waals surface area contributed by atoms with Crippen molar-refractivity contribution in [3.63, 3.8) is 0 Å². The number of carbonyl (C=O) groups is 1. The van der Waals surface area contributed by atoms with Crippen LogP contribution >= 0.6 is 0 Å². The zero-order chi connectivity index (χ0) is 8.72. The standard InChI is InChI=1S/C8H10N2O2/c1-4-6(5-2-3-5)12-8(10-4)7(9)11/h5H,2-3H2,1H3,(H2,9,11). The van der Waals surface area contributed by atoms with Gasteiger partial charge in [0.1, 0.15) is 5.76 Å². The van der Waals surface area contributed by atoms with E-state index >= 15 is 0 Å². The van der Waals surface area contributed by atoms with Crippen LogP contribution in [0.3, 0.4) is 0 Å². The van der Waals surface area contributed by atoms with Crippen LogP contribution in [0.5, 0.6) is 0 Å². The highest BCUT2D eigenvalue weighted by molar-refractivity contribution is 5.88. The molecule has 0 unspecified atom stereocenters. The topological polar surface area (TPSA) is 69.1 Å². The molecule has 0 saturated heterocycles. The van der Waals surface area contributed by atoms with Gasteiger partial charge < -0.3 is 10.2 Å². The Morgan fingerprint density at radius 2 is 2.33 bits per heavy atom. The molecular weight excluding hydrogens is 156 g/mol. The summed E-state index contributed by atoms with van der Waals surface area (Å²) in [7, 11) is 0. The summed E-state index contributed by atoms with van der Waals surface area (Å²) < 4.78 is 5.21. The molecule has 0 spiro atoms. The van der Waals surface area contributed by atoms with Gasteiger partial charge in [-0.25, -0.2) is 4.98 Å². The van der Waals surface area contributed by atoms with Crippen molar-refractivity contribution in [1.29, 1.82) is 0 Å². The molecule has 1 saturated carbocycles. The van der Waals surface area contributed by atoms with E-state index in [9.17, 15) is 4.79 Å². The molecule has 64 valence electrons. The van der Waals surface area contributed by atoms with E-state index in [4.69, 9.17) is 10.2 Å². The van der Waals surface area contributed by atoms with Crippen LogP contribution in [-0.4, -0.2) is 10.9 Å². The summed E-state index contributed by atoms with van der Waals surface area (Å²) >= 11 is 0. The average molecular weight is 166 g/mol. The van der Waals surface area contributed by atoms with Crippen LogP contribution in [0.15, 0.2) is 4.42 Å². The van der Waals surface area contributed by atoms with Crippen molar-refractivity contribution in [2.24, 2.45) is 5.73 Å². The molecule has 0 aromatic carbocycles. The quantitative estimate of drug-likeness (QED) is 0.711. The van der Waals surface area contributed by atoms with Crippen LogP contribution < -0.4 is 5.73 Å². The monoisotopic (exact) mass is 166 g/mol. The Hall–Kier alpha value is -1.32. The van der Waals surface area contributed by atoms with Gasteiger partial charge in [0.25, 0.3) is 5.89 Å². The fraction of sp³-hybridized carbons (Fsp3) is 0.500. The van der Waals surface area contributed by atoms with E-state index < -0.39 is 5.91 Å². The molecule has 1 aliphatic carbocycles. The number of primary amides is 1. The van der Waals surface area contributed by atoms with E-state index in [1.54, 1.807) is 0 Å². The second-order valence-corrected chi connectivity index (χ2v) is 3.11. The van der Waals surface area contributed by atoms with E-state index in [0.717, 1.165) is 24.3 Å². The summed E-state index contributed by atoms with van der Waals surface area (Å²) in [4.78, 5) is 14.6. The Balaban J connectivity index is 2.36. The molecular formula is C8H10N2O2. The van der Waals surface area contributed by atoms with Crippen LogP contribution in [0, 0.1) is 6.92 Å². The minimum Gasteiger partial charge on any atom is -0.437 e. The molecule has 0 aliphatic heterocycles. The van der Waals surface area contributed by atoms with Gasteiger partial charge in [-0.05, 0) is 19.8 Å². The average Bonchev–Trinajstić information content (AvgIpc) is 2.75. The van der Waals surface area contributed by atoms with Crippen LogP contribution in [0.4, 0.5) is 0 Å². The normalized spacial score (nSPS) is 16.4. The molecule has 1 aromatic heterocycles. The third-order valence-electron chi connectivity index (χ3n) is 1.99. The molecule has 1 aliphatic rings. The summed E-state index contributed by atoms with van der Waals surface area (Å²) in [5.74, 6) is 0.758.